The first kappa shape index (κ1) is 15.8. The Morgan fingerprint density at radius 3 is 2.72 bits per heavy atom. The number of hydrogen-bond donors (Lipinski definition) is 1. The van der Waals surface area contributed by atoms with Crippen molar-refractivity contribution in [3.8, 4) is 0 Å². The van der Waals surface area contributed by atoms with E-state index in [0.717, 1.165) is 38.1 Å². The summed E-state index contributed by atoms with van der Waals surface area (Å²) in [6.45, 7) is 6.66. The van der Waals surface area contributed by atoms with Gasteiger partial charge in [-0.3, -0.25) is 0 Å². The van der Waals surface area contributed by atoms with Crippen molar-refractivity contribution in [2.75, 3.05) is 13.2 Å². The molecule has 1 rings (SSSR count). The van der Waals surface area contributed by atoms with Crippen LogP contribution in [0.25, 0.3) is 0 Å². The van der Waals surface area contributed by atoms with E-state index in [4.69, 9.17) is 27.9 Å². The highest BCUT2D eigenvalue weighted by Gasteiger charge is 2.03. The SMILES string of the molecule is CC(C)OCCCCNCc1cccc(Cl)c1Cl. The normalized spacial score (nSPS) is 11.2. The second kappa shape index (κ2) is 8.76. The maximum absolute atomic E-state index is 6.10. The van der Waals surface area contributed by atoms with Crippen LogP contribution < -0.4 is 5.32 Å². The van der Waals surface area contributed by atoms with Gasteiger partial charge < -0.3 is 10.1 Å². The Morgan fingerprint density at radius 1 is 1.22 bits per heavy atom. The Morgan fingerprint density at radius 2 is 2.00 bits per heavy atom. The fourth-order valence-electron chi connectivity index (χ4n) is 1.58. The van der Waals surface area contributed by atoms with Gasteiger partial charge in [-0.05, 0) is 44.9 Å². The van der Waals surface area contributed by atoms with Gasteiger partial charge in [0.05, 0.1) is 16.1 Å². The molecule has 0 aromatic heterocycles. The molecule has 4 heteroatoms. The number of halogens is 2. The minimum absolute atomic E-state index is 0.322. The van der Waals surface area contributed by atoms with Gasteiger partial charge in [0.2, 0.25) is 0 Å². The molecule has 1 aromatic rings. The van der Waals surface area contributed by atoms with Crippen LogP contribution in [-0.4, -0.2) is 19.3 Å². The van der Waals surface area contributed by atoms with Crippen molar-refractivity contribution in [3.63, 3.8) is 0 Å². The third kappa shape index (κ3) is 6.05. The molecular formula is C14H21Cl2NO. The number of hydrogen-bond acceptors (Lipinski definition) is 2. The molecule has 0 saturated carbocycles. The first-order chi connectivity index (χ1) is 8.61. The van der Waals surface area contributed by atoms with Crippen LogP contribution in [0.5, 0.6) is 0 Å². The predicted octanol–water partition coefficient (Wildman–Crippen LogP) is 4.29. The average Bonchev–Trinajstić information content (AvgIpc) is 2.32. The van der Waals surface area contributed by atoms with Crippen molar-refractivity contribution in [1.82, 2.24) is 5.32 Å². The summed E-state index contributed by atoms with van der Waals surface area (Å²) in [6.07, 6.45) is 2.50. The van der Waals surface area contributed by atoms with Crippen molar-refractivity contribution in [2.45, 2.75) is 39.3 Å². The van der Waals surface area contributed by atoms with E-state index in [1.165, 1.54) is 0 Å². The second-order valence-electron chi connectivity index (χ2n) is 4.52. The van der Waals surface area contributed by atoms with E-state index in [-0.39, 0.29) is 0 Å². The van der Waals surface area contributed by atoms with Gasteiger partial charge in [-0.25, -0.2) is 0 Å². The smallest absolute Gasteiger partial charge is 0.0637 e. The predicted molar refractivity (Wildman–Crippen MR) is 78.5 cm³/mol. The minimum Gasteiger partial charge on any atom is -0.379 e. The summed E-state index contributed by atoms with van der Waals surface area (Å²) in [5, 5.41) is 4.62. The highest BCUT2D eigenvalue weighted by Crippen LogP contribution is 2.25. The van der Waals surface area contributed by atoms with E-state index in [1.54, 1.807) is 6.07 Å². The third-order valence-corrected chi connectivity index (χ3v) is 3.40. The van der Waals surface area contributed by atoms with Crippen molar-refractivity contribution in [3.05, 3.63) is 33.8 Å². The highest BCUT2D eigenvalue weighted by molar-refractivity contribution is 6.42. The lowest BCUT2D eigenvalue weighted by atomic mass is 10.2. The maximum Gasteiger partial charge on any atom is 0.0637 e. The number of benzene rings is 1. The molecule has 0 aliphatic heterocycles. The largest absolute Gasteiger partial charge is 0.379 e. The molecular weight excluding hydrogens is 269 g/mol. The molecule has 0 radical (unpaired) electrons. The quantitative estimate of drug-likeness (QED) is 0.721. The van der Waals surface area contributed by atoms with Crippen LogP contribution in [0.3, 0.4) is 0 Å². The number of nitrogens with one attached hydrogen (secondary N) is 1. The van der Waals surface area contributed by atoms with Gasteiger partial charge in [0, 0.05) is 13.2 Å². The lowest BCUT2D eigenvalue weighted by molar-refractivity contribution is 0.0760. The maximum atomic E-state index is 6.10. The van der Waals surface area contributed by atoms with E-state index in [0.29, 0.717) is 16.1 Å². The van der Waals surface area contributed by atoms with Crippen molar-refractivity contribution in [1.29, 1.82) is 0 Å². The zero-order valence-electron chi connectivity index (χ0n) is 11.0. The molecule has 102 valence electrons. The molecule has 0 bridgehead atoms. The highest BCUT2D eigenvalue weighted by atomic mass is 35.5. The van der Waals surface area contributed by atoms with Gasteiger partial charge in [-0.15, -0.1) is 0 Å². The molecule has 18 heavy (non-hydrogen) atoms. The molecule has 0 amide bonds. The minimum atomic E-state index is 0.322. The molecule has 0 heterocycles. The molecule has 0 atom stereocenters. The van der Waals surface area contributed by atoms with E-state index in [2.05, 4.69) is 19.2 Å². The lowest BCUT2D eigenvalue weighted by Crippen LogP contribution is -2.16. The van der Waals surface area contributed by atoms with E-state index in [1.807, 2.05) is 12.1 Å². The summed E-state index contributed by atoms with van der Waals surface area (Å²) in [6, 6.07) is 5.71. The van der Waals surface area contributed by atoms with Gasteiger partial charge in [0.1, 0.15) is 0 Å². The topological polar surface area (TPSA) is 21.3 Å². The summed E-state index contributed by atoms with van der Waals surface area (Å²) >= 11 is 12.0. The molecule has 0 unspecified atom stereocenters. The van der Waals surface area contributed by atoms with Crippen LogP contribution >= 0.6 is 23.2 Å². The van der Waals surface area contributed by atoms with Crippen LogP contribution in [0.4, 0.5) is 0 Å². The van der Waals surface area contributed by atoms with Crippen molar-refractivity contribution < 1.29 is 4.74 Å². The summed E-state index contributed by atoms with van der Waals surface area (Å²) < 4.78 is 5.48. The summed E-state index contributed by atoms with van der Waals surface area (Å²) in [4.78, 5) is 0. The summed E-state index contributed by atoms with van der Waals surface area (Å²) in [5.41, 5.74) is 1.04. The van der Waals surface area contributed by atoms with Gasteiger partial charge in [-0.1, -0.05) is 35.3 Å². The van der Waals surface area contributed by atoms with Crippen LogP contribution in [0.2, 0.25) is 10.0 Å². The van der Waals surface area contributed by atoms with Crippen LogP contribution in [0.15, 0.2) is 18.2 Å². The van der Waals surface area contributed by atoms with Crippen LogP contribution in [0, 0.1) is 0 Å². The molecule has 0 aliphatic rings. The number of unbranched alkanes of at least 4 members (excludes halogenated alkanes) is 1. The summed E-state index contributed by atoms with van der Waals surface area (Å²) in [5.74, 6) is 0. The van der Waals surface area contributed by atoms with E-state index < -0.39 is 0 Å². The standard InChI is InChI=1S/C14H21Cl2NO/c1-11(2)18-9-4-3-8-17-10-12-6-5-7-13(15)14(12)16/h5-7,11,17H,3-4,8-10H2,1-2H3. The Bertz CT molecular complexity index is 356. The molecule has 0 saturated heterocycles. The monoisotopic (exact) mass is 289 g/mol. The third-order valence-electron chi connectivity index (χ3n) is 2.55. The molecule has 1 aromatic carbocycles. The Kier molecular flexibility index (Phi) is 7.68. The van der Waals surface area contributed by atoms with Gasteiger partial charge >= 0.3 is 0 Å². The first-order valence-electron chi connectivity index (χ1n) is 6.36. The van der Waals surface area contributed by atoms with Gasteiger partial charge in [0.15, 0.2) is 0 Å². The van der Waals surface area contributed by atoms with Gasteiger partial charge in [0.25, 0.3) is 0 Å². The first-order valence-corrected chi connectivity index (χ1v) is 7.12. The molecule has 0 spiro atoms. The summed E-state index contributed by atoms with van der Waals surface area (Å²) in [7, 11) is 0. The fraction of sp³-hybridized carbons (Fsp3) is 0.571. The average molecular weight is 290 g/mol. The van der Waals surface area contributed by atoms with Gasteiger partial charge in [-0.2, -0.15) is 0 Å². The Balaban J connectivity index is 2.13. The second-order valence-corrected chi connectivity index (χ2v) is 5.30. The number of ether oxygens (including phenoxy) is 1. The zero-order valence-corrected chi connectivity index (χ0v) is 12.5. The lowest BCUT2D eigenvalue weighted by Gasteiger charge is -2.09. The Hall–Kier alpha value is -0.280. The van der Waals surface area contributed by atoms with Crippen LogP contribution in [-0.2, 0) is 11.3 Å². The molecule has 2 nitrogen and oxygen atoms in total. The number of rotatable bonds is 8. The van der Waals surface area contributed by atoms with Crippen molar-refractivity contribution >= 4 is 23.2 Å². The van der Waals surface area contributed by atoms with E-state index in [9.17, 15) is 0 Å². The molecule has 0 aliphatic carbocycles. The molecule has 0 fully saturated rings. The van der Waals surface area contributed by atoms with E-state index >= 15 is 0 Å². The van der Waals surface area contributed by atoms with Crippen LogP contribution in [0.1, 0.15) is 32.3 Å². The zero-order chi connectivity index (χ0) is 13.4. The van der Waals surface area contributed by atoms with Crippen molar-refractivity contribution in [2.24, 2.45) is 0 Å². The Labute approximate surface area is 120 Å². The fourth-order valence-corrected chi connectivity index (χ4v) is 1.97. The molecule has 1 N–H and O–H groups in total.